The summed E-state index contributed by atoms with van der Waals surface area (Å²) in [7, 11) is 1.53. The number of carbonyl (C=O) groups is 1. The number of nitrogens with zero attached hydrogens (tertiary/aromatic N) is 1. The van der Waals surface area contributed by atoms with Crippen LogP contribution in [0.1, 0.15) is 5.69 Å². The summed E-state index contributed by atoms with van der Waals surface area (Å²) < 4.78 is 1.26. The molecule has 0 saturated heterocycles. The average molecular weight is 169 g/mol. The summed E-state index contributed by atoms with van der Waals surface area (Å²) in [5, 5.41) is 5.18. The first-order chi connectivity index (χ1) is 5.63. The molecule has 0 aromatic carbocycles. The predicted octanol–water partition coefficient (Wildman–Crippen LogP) is -0.769. The molecule has 0 radical (unpaired) electrons. The van der Waals surface area contributed by atoms with Crippen LogP contribution in [-0.2, 0) is 11.3 Å². The maximum atomic E-state index is 11.0. The fourth-order valence-corrected chi connectivity index (χ4v) is 0.903. The molecule has 0 fully saturated rings. The third-order valence-corrected chi connectivity index (χ3v) is 1.50. The van der Waals surface area contributed by atoms with Crippen LogP contribution in [0.25, 0.3) is 0 Å². The van der Waals surface area contributed by atoms with Gasteiger partial charge in [-0.2, -0.15) is 0 Å². The first kappa shape index (κ1) is 8.58. The molecule has 1 heterocycles. The van der Waals surface area contributed by atoms with Gasteiger partial charge < -0.3 is 5.32 Å². The Morgan fingerprint density at radius 3 is 2.83 bits per heavy atom. The lowest BCUT2D eigenvalue weighted by Gasteiger charge is -1.99. The van der Waals surface area contributed by atoms with Crippen molar-refractivity contribution in [2.75, 3.05) is 7.05 Å². The van der Waals surface area contributed by atoms with Crippen molar-refractivity contribution >= 4 is 5.91 Å². The quantitative estimate of drug-likeness (QED) is 0.610. The van der Waals surface area contributed by atoms with Gasteiger partial charge in [0, 0.05) is 18.8 Å². The average Bonchev–Trinajstić information content (AvgIpc) is 2.30. The van der Waals surface area contributed by atoms with Crippen molar-refractivity contribution in [3.63, 3.8) is 0 Å². The second-order valence-corrected chi connectivity index (χ2v) is 2.54. The van der Waals surface area contributed by atoms with Crippen LogP contribution in [0.4, 0.5) is 0 Å². The van der Waals surface area contributed by atoms with E-state index in [0.717, 1.165) is 5.69 Å². The molecular weight excluding hydrogens is 158 g/mol. The van der Waals surface area contributed by atoms with Crippen LogP contribution in [0, 0.1) is 6.92 Å². The smallest absolute Gasteiger partial charge is 0.267 e. The Bertz CT molecular complexity index is 337. The summed E-state index contributed by atoms with van der Waals surface area (Å²) in [6.07, 6.45) is 0. The minimum atomic E-state index is -0.195. The number of aryl methyl sites for hydroxylation is 1. The Morgan fingerprint density at radius 2 is 2.42 bits per heavy atom. The first-order valence-corrected chi connectivity index (χ1v) is 3.60. The van der Waals surface area contributed by atoms with Gasteiger partial charge in [0.25, 0.3) is 5.56 Å². The number of H-pyrrole nitrogens is 1. The van der Waals surface area contributed by atoms with E-state index in [4.69, 9.17) is 0 Å². The van der Waals surface area contributed by atoms with Crippen molar-refractivity contribution in [1.82, 2.24) is 15.1 Å². The standard InChI is InChI=1S/C7H11N3O2/c1-5-3-7(12)10(9-5)4-6(11)8-2/h3,9H,4H2,1-2H3,(H,8,11). The van der Waals surface area contributed by atoms with E-state index in [0.29, 0.717) is 0 Å². The van der Waals surface area contributed by atoms with Gasteiger partial charge in [0.15, 0.2) is 0 Å². The summed E-state index contributed by atoms with van der Waals surface area (Å²) in [4.78, 5) is 21.9. The van der Waals surface area contributed by atoms with Crippen LogP contribution in [0.5, 0.6) is 0 Å². The topological polar surface area (TPSA) is 66.9 Å². The van der Waals surface area contributed by atoms with Crippen LogP contribution < -0.4 is 10.9 Å². The fraction of sp³-hybridized carbons (Fsp3) is 0.429. The number of nitrogens with one attached hydrogen (secondary N) is 2. The molecule has 0 aliphatic rings. The summed E-state index contributed by atoms with van der Waals surface area (Å²) in [5.74, 6) is -0.195. The van der Waals surface area contributed by atoms with Crippen molar-refractivity contribution < 1.29 is 4.79 Å². The van der Waals surface area contributed by atoms with E-state index in [-0.39, 0.29) is 18.0 Å². The van der Waals surface area contributed by atoms with Gasteiger partial charge in [-0.3, -0.25) is 14.7 Å². The molecule has 0 aliphatic carbocycles. The third-order valence-electron chi connectivity index (χ3n) is 1.50. The van der Waals surface area contributed by atoms with E-state index in [9.17, 15) is 9.59 Å². The Morgan fingerprint density at radius 1 is 1.75 bits per heavy atom. The highest BCUT2D eigenvalue weighted by atomic mass is 16.2. The molecule has 0 unspecified atom stereocenters. The molecule has 0 saturated carbocycles. The number of amides is 1. The van der Waals surface area contributed by atoms with Crippen LogP contribution in [0.15, 0.2) is 10.9 Å². The Balaban J connectivity index is 2.82. The minimum absolute atomic E-state index is 0.0448. The van der Waals surface area contributed by atoms with Gasteiger partial charge >= 0.3 is 0 Å². The zero-order valence-electron chi connectivity index (χ0n) is 7.05. The zero-order valence-corrected chi connectivity index (χ0v) is 7.05. The third kappa shape index (κ3) is 1.75. The van der Waals surface area contributed by atoms with Gasteiger partial charge in [0.05, 0.1) is 0 Å². The van der Waals surface area contributed by atoms with Crippen molar-refractivity contribution in [1.29, 1.82) is 0 Å². The van der Waals surface area contributed by atoms with Crippen LogP contribution in [-0.4, -0.2) is 22.7 Å². The van der Waals surface area contributed by atoms with Crippen molar-refractivity contribution in [3.05, 3.63) is 22.1 Å². The van der Waals surface area contributed by atoms with Gasteiger partial charge in [-0.05, 0) is 6.92 Å². The second kappa shape index (κ2) is 3.25. The van der Waals surface area contributed by atoms with E-state index in [1.54, 1.807) is 6.92 Å². The summed E-state index contributed by atoms with van der Waals surface area (Å²) in [6, 6.07) is 1.45. The van der Waals surface area contributed by atoms with Crippen LogP contribution in [0.3, 0.4) is 0 Å². The summed E-state index contributed by atoms with van der Waals surface area (Å²) in [6.45, 7) is 1.81. The summed E-state index contributed by atoms with van der Waals surface area (Å²) >= 11 is 0. The Kier molecular flexibility index (Phi) is 2.32. The number of aromatic nitrogens is 2. The van der Waals surface area contributed by atoms with Crippen molar-refractivity contribution in [2.45, 2.75) is 13.5 Å². The molecule has 66 valence electrons. The molecule has 5 nitrogen and oxygen atoms in total. The maximum absolute atomic E-state index is 11.0. The highest BCUT2D eigenvalue weighted by molar-refractivity contribution is 5.75. The van der Waals surface area contributed by atoms with E-state index >= 15 is 0 Å². The largest absolute Gasteiger partial charge is 0.358 e. The molecule has 0 atom stereocenters. The van der Waals surface area contributed by atoms with Gasteiger partial charge in [0.2, 0.25) is 5.91 Å². The Hall–Kier alpha value is -1.52. The number of rotatable bonds is 2. The summed E-state index contributed by atoms with van der Waals surface area (Å²) in [5.41, 5.74) is 0.569. The molecule has 1 aromatic heterocycles. The van der Waals surface area contributed by atoms with Crippen LogP contribution in [0.2, 0.25) is 0 Å². The zero-order chi connectivity index (χ0) is 9.14. The SMILES string of the molecule is CNC(=O)Cn1[nH]c(C)cc1=O. The number of aromatic amines is 1. The molecule has 1 aromatic rings. The number of hydrogen-bond donors (Lipinski definition) is 2. The van der Waals surface area contributed by atoms with Gasteiger partial charge in [-0.15, -0.1) is 0 Å². The molecule has 0 bridgehead atoms. The molecule has 0 spiro atoms. The van der Waals surface area contributed by atoms with E-state index in [2.05, 4.69) is 10.4 Å². The van der Waals surface area contributed by atoms with E-state index in [1.807, 2.05) is 0 Å². The number of hydrogen-bond acceptors (Lipinski definition) is 2. The predicted molar refractivity (Wildman–Crippen MR) is 43.9 cm³/mol. The van der Waals surface area contributed by atoms with E-state index < -0.39 is 0 Å². The first-order valence-electron chi connectivity index (χ1n) is 3.60. The lowest BCUT2D eigenvalue weighted by molar-refractivity contribution is -0.121. The Labute approximate surface area is 69.4 Å². The number of likely N-dealkylation sites (N-methyl/N-ethyl adjacent to an activating group) is 1. The van der Waals surface area contributed by atoms with Gasteiger partial charge in [0.1, 0.15) is 6.54 Å². The molecule has 2 N–H and O–H groups in total. The molecule has 5 heteroatoms. The molecule has 1 amide bonds. The molecule has 12 heavy (non-hydrogen) atoms. The maximum Gasteiger partial charge on any atom is 0.267 e. The monoisotopic (exact) mass is 169 g/mol. The van der Waals surface area contributed by atoms with Crippen molar-refractivity contribution in [2.24, 2.45) is 0 Å². The highest BCUT2D eigenvalue weighted by Gasteiger charge is 2.03. The molecular formula is C7H11N3O2. The highest BCUT2D eigenvalue weighted by Crippen LogP contribution is 1.84. The van der Waals surface area contributed by atoms with Gasteiger partial charge in [-0.25, -0.2) is 4.68 Å². The lowest BCUT2D eigenvalue weighted by Crippen LogP contribution is -2.28. The number of carbonyl (C=O) groups excluding carboxylic acids is 1. The lowest BCUT2D eigenvalue weighted by atomic mass is 10.5. The molecule has 1 rings (SSSR count). The second-order valence-electron chi connectivity index (χ2n) is 2.54. The normalized spacial score (nSPS) is 9.83. The van der Waals surface area contributed by atoms with E-state index in [1.165, 1.54) is 17.8 Å². The molecule has 0 aliphatic heterocycles. The fourth-order valence-electron chi connectivity index (χ4n) is 0.903. The van der Waals surface area contributed by atoms with Crippen LogP contribution >= 0.6 is 0 Å². The minimum Gasteiger partial charge on any atom is -0.358 e. The van der Waals surface area contributed by atoms with Gasteiger partial charge in [-0.1, -0.05) is 0 Å². The van der Waals surface area contributed by atoms with Crippen molar-refractivity contribution in [3.8, 4) is 0 Å².